The average molecular weight is 438 g/mol. The van der Waals surface area contributed by atoms with Crippen LogP contribution in [-0.4, -0.2) is 40.7 Å². The van der Waals surface area contributed by atoms with E-state index in [1.165, 1.54) is 24.5 Å². The summed E-state index contributed by atoms with van der Waals surface area (Å²) in [5, 5.41) is 11.8. The molecule has 0 radical (unpaired) electrons. The summed E-state index contributed by atoms with van der Waals surface area (Å²) >= 11 is 0. The number of carbonyl (C=O) groups is 1. The van der Waals surface area contributed by atoms with Crippen LogP contribution in [0.15, 0.2) is 30.6 Å². The van der Waals surface area contributed by atoms with Gasteiger partial charge in [-0.2, -0.15) is 13.2 Å². The lowest BCUT2D eigenvalue weighted by atomic mass is 9.89. The molecular weight excluding hydrogens is 413 g/mol. The number of nitrogens with zero attached hydrogens (tertiary/aromatic N) is 3. The first-order chi connectivity index (χ1) is 14.7. The van der Waals surface area contributed by atoms with Gasteiger partial charge in [0.2, 0.25) is 5.95 Å². The first-order valence-corrected chi connectivity index (χ1v) is 10.1. The molecule has 7 nitrogen and oxygen atoms in total. The summed E-state index contributed by atoms with van der Waals surface area (Å²) in [4.78, 5) is 20.9. The Morgan fingerprint density at radius 3 is 2.65 bits per heavy atom. The molecule has 1 aliphatic rings. The van der Waals surface area contributed by atoms with Crippen LogP contribution in [0.4, 0.5) is 24.8 Å². The quantitative estimate of drug-likeness (QED) is 0.587. The summed E-state index contributed by atoms with van der Waals surface area (Å²) in [6.07, 6.45) is 0.314. The summed E-state index contributed by atoms with van der Waals surface area (Å²) in [6.45, 7) is 2.27. The fraction of sp³-hybridized carbons (Fsp3) is 0.476. The standard InChI is InChI=1S/C21H25F3N4O3/c1-3-14-10-17(16-9-13(21(22,23)24)6-7-18(16)28(14)2)27-20-25-11-15(12-26-20)31-8-4-5-19(29)30/h6-7,9,11-12,14,17H,3-5,8,10H2,1-2H3,(H,29,30)(H,25,26,27)/t14-,17?/m1/s1. The molecule has 0 saturated carbocycles. The molecule has 10 heteroatoms. The molecule has 2 heterocycles. The minimum atomic E-state index is -4.42. The number of hydrogen-bond donors (Lipinski definition) is 2. The Labute approximate surface area is 178 Å². The van der Waals surface area contributed by atoms with Crippen LogP contribution in [0.25, 0.3) is 0 Å². The number of aromatic nitrogens is 2. The zero-order valence-corrected chi connectivity index (χ0v) is 17.3. The zero-order valence-electron chi connectivity index (χ0n) is 17.3. The van der Waals surface area contributed by atoms with Gasteiger partial charge in [-0.05, 0) is 43.0 Å². The number of ether oxygens (including phenoxy) is 1. The second kappa shape index (κ2) is 9.40. The van der Waals surface area contributed by atoms with Gasteiger partial charge in [0.05, 0.1) is 30.6 Å². The molecule has 2 N–H and O–H groups in total. The van der Waals surface area contributed by atoms with E-state index in [0.29, 0.717) is 24.2 Å². The van der Waals surface area contributed by atoms with E-state index in [9.17, 15) is 18.0 Å². The second-order valence-electron chi connectivity index (χ2n) is 7.47. The minimum absolute atomic E-state index is 0.00847. The molecule has 1 aromatic heterocycles. The maximum atomic E-state index is 13.3. The van der Waals surface area contributed by atoms with Gasteiger partial charge in [0.25, 0.3) is 0 Å². The van der Waals surface area contributed by atoms with Gasteiger partial charge in [-0.15, -0.1) is 0 Å². The molecule has 0 fully saturated rings. The van der Waals surface area contributed by atoms with E-state index in [4.69, 9.17) is 9.84 Å². The molecule has 1 aromatic carbocycles. The SMILES string of the molecule is CC[C@@H]1CC(Nc2ncc(OCCCC(=O)O)cn2)c2cc(C(F)(F)F)ccc2N1C. The third-order valence-electron chi connectivity index (χ3n) is 5.37. The van der Waals surface area contributed by atoms with Crippen molar-refractivity contribution in [3.63, 3.8) is 0 Å². The van der Waals surface area contributed by atoms with E-state index in [-0.39, 0.29) is 31.1 Å². The number of fused-ring (bicyclic) bond motifs is 1. The predicted octanol–water partition coefficient (Wildman–Crippen LogP) is 4.51. The van der Waals surface area contributed by atoms with Crippen molar-refractivity contribution in [2.75, 3.05) is 23.9 Å². The molecule has 1 aliphatic heterocycles. The van der Waals surface area contributed by atoms with Crippen molar-refractivity contribution >= 4 is 17.6 Å². The topological polar surface area (TPSA) is 87.6 Å². The Kier molecular flexibility index (Phi) is 6.87. The summed E-state index contributed by atoms with van der Waals surface area (Å²) in [6, 6.07) is 3.61. The lowest BCUT2D eigenvalue weighted by Crippen LogP contribution is -2.39. The van der Waals surface area contributed by atoms with Crippen LogP contribution in [-0.2, 0) is 11.0 Å². The van der Waals surface area contributed by atoms with Crippen molar-refractivity contribution in [1.82, 2.24) is 9.97 Å². The summed E-state index contributed by atoms with van der Waals surface area (Å²) in [7, 11) is 1.89. The van der Waals surface area contributed by atoms with Gasteiger partial charge in [0.1, 0.15) is 0 Å². The number of aliphatic carboxylic acids is 1. The average Bonchev–Trinajstić information content (AvgIpc) is 2.73. The highest BCUT2D eigenvalue weighted by Crippen LogP contribution is 2.41. The van der Waals surface area contributed by atoms with E-state index in [1.807, 2.05) is 18.9 Å². The highest BCUT2D eigenvalue weighted by molar-refractivity contribution is 5.66. The van der Waals surface area contributed by atoms with Crippen LogP contribution in [0, 0.1) is 0 Å². The van der Waals surface area contributed by atoms with Crippen molar-refractivity contribution in [3.8, 4) is 5.75 Å². The largest absolute Gasteiger partial charge is 0.490 e. The Bertz CT molecular complexity index is 906. The lowest BCUT2D eigenvalue weighted by Gasteiger charge is -2.40. The van der Waals surface area contributed by atoms with Crippen molar-refractivity contribution < 1.29 is 27.8 Å². The van der Waals surface area contributed by atoms with Crippen LogP contribution in [0.3, 0.4) is 0 Å². The first-order valence-electron chi connectivity index (χ1n) is 10.1. The van der Waals surface area contributed by atoms with Gasteiger partial charge in [-0.1, -0.05) is 6.92 Å². The predicted molar refractivity (Wildman–Crippen MR) is 109 cm³/mol. The number of rotatable bonds is 8. The normalized spacial score (nSPS) is 18.4. The smallest absolute Gasteiger partial charge is 0.416 e. The molecule has 31 heavy (non-hydrogen) atoms. The Morgan fingerprint density at radius 2 is 2.03 bits per heavy atom. The maximum absolute atomic E-state index is 13.3. The summed E-state index contributed by atoms with van der Waals surface area (Å²) in [5.41, 5.74) is 0.619. The van der Waals surface area contributed by atoms with Gasteiger partial charge in [-0.25, -0.2) is 9.97 Å². The number of benzene rings is 1. The molecule has 0 aliphatic carbocycles. The van der Waals surface area contributed by atoms with E-state index in [0.717, 1.165) is 18.2 Å². The number of anilines is 2. The number of carboxylic acid groups (broad SMARTS) is 1. The van der Waals surface area contributed by atoms with Gasteiger partial charge < -0.3 is 20.1 Å². The Hall–Kier alpha value is -3.04. The molecule has 0 saturated heterocycles. The Balaban J connectivity index is 1.76. The number of halogens is 3. The third-order valence-corrected chi connectivity index (χ3v) is 5.37. The van der Waals surface area contributed by atoms with E-state index < -0.39 is 17.7 Å². The molecule has 1 unspecified atom stereocenters. The summed E-state index contributed by atoms with van der Waals surface area (Å²) < 4.78 is 45.2. The van der Waals surface area contributed by atoms with E-state index >= 15 is 0 Å². The molecule has 0 spiro atoms. The highest BCUT2D eigenvalue weighted by Gasteiger charge is 2.35. The molecule has 3 rings (SSSR count). The van der Waals surface area contributed by atoms with Crippen molar-refractivity contribution in [1.29, 1.82) is 0 Å². The highest BCUT2D eigenvalue weighted by atomic mass is 19.4. The number of carboxylic acids is 1. The number of nitrogens with one attached hydrogen (secondary N) is 1. The van der Waals surface area contributed by atoms with Crippen LogP contribution >= 0.6 is 0 Å². The zero-order chi connectivity index (χ0) is 22.6. The van der Waals surface area contributed by atoms with Crippen molar-refractivity contribution in [3.05, 3.63) is 41.7 Å². The van der Waals surface area contributed by atoms with Gasteiger partial charge >= 0.3 is 12.1 Å². The summed E-state index contributed by atoms with van der Waals surface area (Å²) in [5.74, 6) is -0.215. The van der Waals surface area contributed by atoms with Crippen LogP contribution in [0.5, 0.6) is 5.75 Å². The molecule has 2 aromatic rings. The second-order valence-corrected chi connectivity index (χ2v) is 7.47. The molecule has 2 atom stereocenters. The maximum Gasteiger partial charge on any atom is 0.416 e. The van der Waals surface area contributed by atoms with Crippen LogP contribution in [0.1, 0.15) is 49.8 Å². The number of hydrogen-bond acceptors (Lipinski definition) is 6. The molecule has 168 valence electrons. The molecular formula is C21H25F3N4O3. The van der Waals surface area contributed by atoms with Gasteiger partial charge in [0, 0.05) is 25.2 Å². The first kappa shape index (κ1) is 22.6. The van der Waals surface area contributed by atoms with Gasteiger partial charge in [-0.3, -0.25) is 4.79 Å². The fourth-order valence-corrected chi connectivity index (χ4v) is 3.70. The minimum Gasteiger partial charge on any atom is -0.490 e. The monoisotopic (exact) mass is 438 g/mol. The van der Waals surface area contributed by atoms with E-state index in [1.54, 1.807) is 0 Å². The van der Waals surface area contributed by atoms with Crippen molar-refractivity contribution in [2.24, 2.45) is 0 Å². The fourth-order valence-electron chi connectivity index (χ4n) is 3.70. The number of alkyl halides is 3. The third kappa shape index (κ3) is 5.56. The van der Waals surface area contributed by atoms with E-state index in [2.05, 4.69) is 15.3 Å². The van der Waals surface area contributed by atoms with Crippen LogP contribution in [0.2, 0.25) is 0 Å². The van der Waals surface area contributed by atoms with Crippen molar-refractivity contribution in [2.45, 2.75) is 50.9 Å². The molecule has 0 bridgehead atoms. The Morgan fingerprint density at radius 1 is 1.32 bits per heavy atom. The van der Waals surface area contributed by atoms with Crippen LogP contribution < -0.4 is 15.0 Å². The molecule has 0 amide bonds. The van der Waals surface area contributed by atoms with Gasteiger partial charge in [0.15, 0.2) is 5.75 Å². The lowest BCUT2D eigenvalue weighted by molar-refractivity contribution is -0.138.